The van der Waals surface area contributed by atoms with Crippen molar-refractivity contribution in [2.45, 2.75) is 32.5 Å². The molecule has 0 amide bonds. The predicted octanol–water partition coefficient (Wildman–Crippen LogP) is 3.40. The maximum Gasteiger partial charge on any atom is 0.278 e. The van der Waals surface area contributed by atoms with E-state index in [0.717, 1.165) is 31.6 Å². The van der Waals surface area contributed by atoms with Crippen molar-refractivity contribution in [3.8, 4) is 11.7 Å². The highest BCUT2D eigenvalue weighted by molar-refractivity contribution is 5.77. The molecule has 9 heteroatoms. The summed E-state index contributed by atoms with van der Waals surface area (Å²) in [5.74, 6) is 1.52. The monoisotopic (exact) mass is 455 g/mol. The van der Waals surface area contributed by atoms with Crippen LogP contribution >= 0.6 is 0 Å². The first kappa shape index (κ1) is 20.6. The fourth-order valence-electron chi connectivity index (χ4n) is 4.53. The van der Waals surface area contributed by atoms with Crippen LogP contribution < -0.4 is 15.6 Å². The van der Waals surface area contributed by atoms with Crippen molar-refractivity contribution in [1.29, 1.82) is 0 Å². The van der Waals surface area contributed by atoms with E-state index in [-0.39, 0.29) is 5.56 Å². The fourth-order valence-corrected chi connectivity index (χ4v) is 4.53. The fraction of sp³-hybridized carbons (Fsp3) is 0.280. The molecule has 2 bridgehead atoms. The first-order valence-corrected chi connectivity index (χ1v) is 11.5. The lowest BCUT2D eigenvalue weighted by Gasteiger charge is -2.13. The van der Waals surface area contributed by atoms with E-state index < -0.39 is 0 Å². The Morgan fingerprint density at radius 3 is 2.91 bits per heavy atom. The molecular formula is C25H25N7O2. The second kappa shape index (κ2) is 8.42. The van der Waals surface area contributed by atoms with Crippen LogP contribution in [-0.2, 0) is 19.6 Å². The van der Waals surface area contributed by atoms with Crippen molar-refractivity contribution in [1.82, 2.24) is 29.2 Å². The Hall–Kier alpha value is -3.98. The van der Waals surface area contributed by atoms with Crippen LogP contribution in [0.4, 0.5) is 11.6 Å². The lowest BCUT2D eigenvalue weighted by Crippen LogP contribution is -2.22. The van der Waals surface area contributed by atoms with Crippen LogP contribution in [0, 0.1) is 0 Å². The van der Waals surface area contributed by atoms with Crippen LogP contribution in [0.3, 0.4) is 0 Å². The van der Waals surface area contributed by atoms with Gasteiger partial charge in [0.2, 0.25) is 11.8 Å². The van der Waals surface area contributed by atoms with Crippen molar-refractivity contribution < 1.29 is 4.74 Å². The summed E-state index contributed by atoms with van der Waals surface area (Å²) < 4.78 is 9.19. The Bertz CT molecular complexity index is 1470. The van der Waals surface area contributed by atoms with Gasteiger partial charge in [0, 0.05) is 31.0 Å². The number of fused-ring (bicyclic) bond motifs is 7. The molecule has 0 radical (unpaired) electrons. The molecule has 9 nitrogen and oxygen atoms in total. The Morgan fingerprint density at radius 2 is 1.97 bits per heavy atom. The number of pyridine rings is 1. The zero-order valence-corrected chi connectivity index (χ0v) is 18.9. The molecular weight excluding hydrogens is 430 g/mol. The number of allylic oxidation sites excluding steroid dienone is 2. The van der Waals surface area contributed by atoms with Crippen molar-refractivity contribution in [2.24, 2.45) is 0 Å². The number of aromatic nitrogens is 5. The van der Waals surface area contributed by atoms with Crippen LogP contribution in [0.25, 0.3) is 16.9 Å². The molecule has 0 spiro atoms. The average molecular weight is 456 g/mol. The van der Waals surface area contributed by atoms with Gasteiger partial charge in [-0.3, -0.25) is 9.69 Å². The summed E-state index contributed by atoms with van der Waals surface area (Å²) in [5.41, 5.74) is 3.89. The minimum atomic E-state index is -0.156. The molecule has 4 aromatic rings. The number of hydrogen-bond acceptors (Lipinski definition) is 7. The lowest BCUT2D eigenvalue weighted by atomic mass is 10.1. The number of hydrogen-bond donors (Lipinski definition) is 1. The topological polar surface area (TPSA) is 90.1 Å². The van der Waals surface area contributed by atoms with E-state index in [9.17, 15) is 4.79 Å². The quantitative estimate of drug-likeness (QED) is 0.463. The van der Waals surface area contributed by atoms with Gasteiger partial charge in [-0.1, -0.05) is 24.3 Å². The first-order chi connectivity index (χ1) is 16.7. The molecule has 0 saturated heterocycles. The third kappa shape index (κ3) is 3.73. The molecule has 5 heterocycles. The second-order valence-electron chi connectivity index (χ2n) is 8.71. The standard InChI is InChI=1S/C25H25N7O2/c1-30-15-17-9-10-19(13-18(17)16-30)27-25-26-14-20-23(29-25)32-21-7-6-8-22(28-21)34-12-5-3-2-4-11-31(32)24(20)33/h2,4,6-10,13-14H,3,5,11-12,15-16H2,1H3,(H,26,27,29). The number of nitrogens with zero attached hydrogens (tertiary/aromatic N) is 6. The maximum absolute atomic E-state index is 13.3. The first-order valence-electron chi connectivity index (χ1n) is 11.5. The smallest absolute Gasteiger partial charge is 0.278 e. The number of ether oxygens (including phenoxy) is 1. The summed E-state index contributed by atoms with van der Waals surface area (Å²) >= 11 is 0. The van der Waals surface area contributed by atoms with E-state index in [0.29, 0.717) is 41.8 Å². The van der Waals surface area contributed by atoms with Crippen LogP contribution in [0.1, 0.15) is 24.0 Å². The number of nitrogens with one attached hydrogen (secondary N) is 1. The third-order valence-electron chi connectivity index (χ3n) is 6.15. The summed E-state index contributed by atoms with van der Waals surface area (Å²) in [7, 11) is 2.11. The van der Waals surface area contributed by atoms with Crippen LogP contribution in [0.5, 0.6) is 5.88 Å². The molecule has 0 saturated carbocycles. The minimum Gasteiger partial charge on any atom is -0.478 e. The van der Waals surface area contributed by atoms with Gasteiger partial charge in [-0.25, -0.2) is 14.3 Å². The molecule has 0 aliphatic carbocycles. The van der Waals surface area contributed by atoms with Gasteiger partial charge in [0.05, 0.1) is 13.2 Å². The van der Waals surface area contributed by atoms with E-state index in [2.05, 4.69) is 45.4 Å². The molecule has 3 aromatic heterocycles. The highest BCUT2D eigenvalue weighted by atomic mass is 16.5. The van der Waals surface area contributed by atoms with Gasteiger partial charge < -0.3 is 10.1 Å². The number of rotatable bonds is 2. The second-order valence-corrected chi connectivity index (χ2v) is 8.71. The summed E-state index contributed by atoms with van der Waals surface area (Å²) in [4.78, 5) is 29.4. The summed E-state index contributed by atoms with van der Waals surface area (Å²) in [6, 6.07) is 11.9. The van der Waals surface area contributed by atoms with E-state index >= 15 is 0 Å². The molecule has 6 rings (SSSR count). The van der Waals surface area contributed by atoms with E-state index in [4.69, 9.17) is 9.72 Å². The van der Waals surface area contributed by atoms with Gasteiger partial charge in [-0.15, -0.1) is 0 Å². The van der Waals surface area contributed by atoms with E-state index in [1.54, 1.807) is 15.6 Å². The van der Waals surface area contributed by atoms with Crippen molar-refractivity contribution in [3.05, 3.63) is 76.2 Å². The highest BCUT2D eigenvalue weighted by Crippen LogP contribution is 2.26. The summed E-state index contributed by atoms with van der Waals surface area (Å²) in [6.45, 7) is 2.89. The van der Waals surface area contributed by atoms with Gasteiger partial charge in [0.15, 0.2) is 11.5 Å². The molecule has 2 aliphatic rings. The Labute approximate surface area is 196 Å². The third-order valence-corrected chi connectivity index (χ3v) is 6.15. The summed E-state index contributed by atoms with van der Waals surface area (Å²) in [6.07, 6.45) is 7.42. The minimum absolute atomic E-state index is 0.156. The molecule has 2 aliphatic heterocycles. The van der Waals surface area contributed by atoms with Gasteiger partial charge in [-0.05, 0) is 49.2 Å². The predicted molar refractivity (Wildman–Crippen MR) is 130 cm³/mol. The zero-order valence-electron chi connectivity index (χ0n) is 18.9. The van der Waals surface area contributed by atoms with Crippen LogP contribution in [0.15, 0.2) is 59.5 Å². The van der Waals surface area contributed by atoms with E-state index in [1.165, 1.54) is 11.1 Å². The maximum atomic E-state index is 13.3. The Morgan fingerprint density at radius 1 is 1.06 bits per heavy atom. The van der Waals surface area contributed by atoms with E-state index in [1.807, 2.05) is 30.3 Å². The molecule has 34 heavy (non-hydrogen) atoms. The lowest BCUT2D eigenvalue weighted by molar-refractivity contribution is 0.299. The van der Waals surface area contributed by atoms with Gasteiger partial charge >= 0.3 is 0 Å². The van der Waals surface area contributed by atoms with Crippen molar-refractivity contribution in [3.63, 3.8) is 0 Å². The normalized spacial score (nSPS) is 15.8. The molecule has 172 valence electrons. The summed E-state index contributed by atoms with van der Waals surface area (Å²) in [5, 5.41) is 3.75. The highest BCUT2D eigenvalue weighted by Gasteiger charge is 2.19. The van der Waals surface area contributed by atoms with Crippen LogP contribution in [-0.4, -0.2) is 42.9 Å². The van der Waals surface area contributed by atoms with Crippen LogP contribution in [0.2, 0.25) is 0 Å². The molecule has 0 atom stereocenters. The average Bonchev–Trinajstić information content (AvgIpc) is 3.33. The van der Waals surface area contributed by atoms with Gasteiger partial charge in [-0.2, -0.15) is 9.97 Å². The largest absolute Gasteiger partial charge is 0.478 e. The molecule has 1 aromatic carbocycles. The molecule has 0 unspecified atom stereocenters. The SMILES string of the molecule is CN1Cc2ccc(Nc3ncc4c(=O)n5n(c4n3)-c3cccc(n3)OCCCC=CC5)cc2C1. The molecule has 0 fully saturated rings. The van der Waals surface area contributed by atoms with Gasteiger partial charge in [0.1, 0.15) is 5.39 Å². The van der Waals surface area contributed by atoms with Crippen molar-refractivity contribution in [2.75, 3.05) is 19.0 Å². The van der Waals surface area contributed by atoms with Crippen molar-refractivity contribution >= 4 is 22.7 Å². The Balaban J connectivity index is 1.45. The Kier molecular flexibility index (Phi) is 5.10. The van der Waals surface area contributed by atoms with Gasteiger partial charge in [0.25, 0.3) is 5.56 Å². The number of anilines is 2. The molecule has 1 N–H and O–H groups in total. The number of benzene rings is 1. The zero-order chi connectivity index (χ0) is 23.1.